The van der Waals surface area contributed by atoms with Gasteiger partial charge in [-0.2, -0.15) is 5.10 Å². The van der Waals surface area contributed by atoms with Gasteiger partial charge in [-0.25, -0.2) is 19.3 Å². The van der Waals surface area contributed by atoms with Gasteiger partial charge < -0.3 is 0 Å². The summed E-state index contributed by atoms with van der Waals surface area (Å²) in [4.78, 5) is 15.3. The fraction of sp³-hybridized carbons (Fsp3) is 0.375. The summed E-state index contributed by atoms with van der Waals surface area (Å²) in [6, 6.07) is 1.77. The van der Waals surface area contributed by atoms with E-state index in [1.807, 2.05) is 0 Å². The largest absolute Gasteiger partial charge is 0.348 e. The van der Waals surface area contributed by atoms with Crippen molar-refractivity contribution in [3.8, 4) is 0 Å². The Kier molecular flexibility index (Phi) is 3.27. The average molecular weight is 245 g/mol. The van der Waals surface area contributed by atoms with Crippen LogP contribution in [0.4, 0.5) is 0 Å². The van der Waals surface area contributed by atoms with Crippen LogP contribution < -0.4 is 5.69 Å². The van der Waals surface area contributed by atoms with Gasteiger partial charge in [0.05, 0.1) is 0 Å². The van der Waals surface area contributed by atoms with Crippen molar-refractivity contribution in [2.45, 2.75) is 11.4 Å². The van der Waals surface area contributed by atoms with Gasteiger partial charge in [-0.1, -0.05) is 0 Å². The number of rotatable bonds is 4. The van der Waals surface area contributed by atoms with Crippen molar-refractivity contribution < 1.29 is 0 Å². The fourth-order valence-corrected chi connectivity index (χ4v) is 2.20. The molecule has 0 atom stereocenters. The highest BCUT2D eigenvalue weighted by Crippen LogP contribution is 2.16. The number of aromatic nitrogens is 4. The van der Waals surface area contributed by atoms with Crippen LogP contribution in [0.2, 0.25) is 0 Å². The summed E-state index contributed by atoms with van der Waals surface area (Å²) < 4.78 is 1.37. The Morgan fingerprint density at radius 1 is 1.60 bits per heavy atom. The first-order valence-corrected chi connectivity index (χ1v) is 5.95. The van der Waals surface area contributed by atoms with E-state index in [-0.39, 0.29) is 5.69 Å². The molecule has 0 amide bonds. The third kappa shape index (κ3) is 2.32. The van der Waals surface area contributed by atoms with Crippen molar-refractivity contribution in [2.24, 2.45) is 0 Å². The minimum Gasteiger partial charge on any atom is -0.246 e. The van der Waals surface area contributed by atoms with E-state index in [2.05, 4.69) is 15.2 Å². The van der Waals surface area contributed by atoms with Gasteiger partial charge in [0.15, 0.2) is 5.65 Å². The number of alkyl halides is 1. The molecule has 0 fully saturated rings. The van der Waals surface area contributed by atoms with E-state index in [9.17, 15) is 4.79 Å². The van der Waals surface area contributed by atoms with E-state index in [1.54, 1.807) is 17.8 Å². The van der Waals surface area contributed by atoms with Crippen LogP contribution in [0.5, 0.6) is 0 Å². The molecule has 5 nitrogen and oxygen atoms in total. The molecule has 0 unspecified atom stereocenters. The monoisotopic (exact) mass is 244 g/mol. The molecule has 0 aliphatic carbocycles. The normalized spacial score (nSPS) is 11.0. The summed E-state index contributed by atoms with van der Waals surface area (Å²) >= 11 is 7.17. The minimum atomic E-state index is -0.269. The molecule has 2 rings (SSSR count). The SMILES string of the molecule is O=c1[nH]nc2cc(SCCCCl)ncn12. The molecular formula is C8H9ClN4OS. The van der Waals surface area contributed by atoms with Gasteiger partial charge in [0.2, 0.25) is 0 Å². The van der Waals surface area contributed by atoms with Gasteiger partial charge in [-0.05, 0) is 6.42 Å². The summed E-state index contributed by atoms with van der Waals surface area (Å²) in [6.07, 6.45) is 2.41. The smallest absolute Gasteiger partial charge is 0.246 e. The van der Waals surface area contributed by atoms with Crippen molar-refractivity contribution in [2.75, 3.05) is 11.6 Å². The predicted molar refractivity (Wildman–Crippen MR) is 59.7 cm³/mol. The Labute approximate surface area is 94.9 Å². The highest BCUT2D eigenvalue weighted by molar-refractivity contribution is 7.99. The number of halogens is 1. The molecule has 2 aromatic rings. The van der Waals surface area contributed by atoms with Crippen LogP contribution in [0.25, 0.3) is 5.65 Å². The molecule has 0 saturated heterocycles. The van der Waals surface area contributed by atoms with Crippen LogP contribution in [0, 0.1) is 0 Å². The molecule has 0 saturated carbocycles. The molecular weight excluding hydrogens is 236 g/mol. The van der Waals surface area contributed by atoms with E-state index in [0.717, 1.165) is 17.2 Å². The molecule has 1 N–H and O–H groups in total. The van der Waals surface area contributed by atoms with Crippen LogP contribution in [0.3, 0.4) is 0 Å². The maximum absolute atomic E-state index is 11.1. The van der Waals surface area contributed by atoms with Gasteiger partial charge in [0.1, 0.15) is 11.4 Å². The summed E-state index contributed by atoms with van der Waals surface area (Å²) in [5.74, 6) is 1.57. The summed E-state index contributed by atoms with van der Waals surface area (Å²) in [5, 5.41) is 7.06. The predicted octanol–water partition coefficient (Wildman–Crippen LogP) is 1.14. The minimum absolute atomic E-state index is 0.269. The Morgan fingerprint density at radius 2 is 2.47 bits per heavy atom. The van der Waals surface area contributed by atoms with Gasteiger partial charge >= 0.3 is 5.69 Å². The first-order valence-electron chi connectivity index (χ1n) is 4.43. The number of hydrogen-bond donors (Lipinski definition) is 1. The maximum atomic E-state index is 11.1. The van der Waals surface area contributed by atoms with Crippen LogP contribution in [0.15, 0.2) is 22.2 Å². The van der Waals surface area contributed by atoms with Gasteiger partial charge in [-0.3, -0.25) is 0 Å². The van der Waals surface area contributed by atoms with Crippen molar-refractivity contribution in [1.82, 2.24) is 19.6 Å². The molecule has 0 radical (unpaired) electrons. The molecule has 80 valence electrons. The Hall–Kier alpha value is -1.01. The lowest BCUT2D eigenvalue weighted by Crippen LogP contribution is -2.09. The average Bonchev–Trinajstić information content (AvgIpc) is 2.61. The molecule has 2 heterocycles. The number of nitrogens with zero attached hydrogens (tertiary/aromatic N) is 3. The molecule has 7 heteroatoms. The molecule has 0 aromatic carbocycles. The first-order chi connectivity index (χ1) is 7.31. The van der Waals surface area contributed by atoms with Crippen molar-refractivity contribution in [3.63, 3.8) is 0 Å². The van der Waals surface area contributed by atoms with E-state index < -0.39 is 0 Å². The summed E-state index contributed by atoms with van der Waals surface area (Å²) in [7, 11) is 0. The molecule has 0 spiro atoms. The number of hydrogen-bond acceptors (Lipinski definition) is 4. The molecule has 2 aromatic heterocycles. The van der Waals surface area contributed by atoms with Crippen LogP contribution in [-0.2, 0) is 0 Å². The highest BCUT2D eigenvalue weighted by Gasteiger charge is 2.02. The lowest BCUT2D eigenvalue weighted by Gasteiger charge is -1.98. The Balaban J connectivity index is 2.20. The second kappa shape index (κ2) is 4.67. The fourth-order valence-electron chi connectivity index (χ4n) is 1.10. The Morgan fingerprint density at radius 3 is 3.27 bits per heavy atom. The van der Waals surface area contributed by atoms with E-state index in [4.69, 9.17) is 11.6 Å². The lowest BCUT2D eigenvalue weighted by molar-refractivity contribution is 0.961. The van der Waals surface area contributed by atoms with Crippen LogP contribution >= 0.6 is 23.4 Å². The second-order valence-corrected chi connectivity index (χ2v) is 4.37. The third-order valence-corrected chi connectivity index (χ3v) is 3.09. The number of nitrogens with one attached hydrogen (secondary N) is 1. The summed E-state index contributed by atoms with van der Waals surface area (Å²) in [5.41, 5.74) is 0.318. The highest BCUT2D eigenvalue weighted by atomic mass is 35.5. The zero-order chi connectivity index (χ0) is 10.7. The molecule has 0 aliphatic heterocycles. The van der Waals surface area contributed by atoms with Gasteiger partial charge in [-0.15, -0.1) is 23.4 Å². The van der Waals surface area contributed by atoms with E-state index in [0.29, 0.717) is 11.5 Å². The van der Waals surface area contributed by atoms with Crippen LogP contribution in [-0.4, -0.2) is 31.2 Å². The second-order valence-electron chi connectivity index (χ2n) is 2.88. The van der Waals surface area contributed by atoms with Gasteiger partial charge in [0, 0.05) is 17.7 Å². The maximum Gasteiger partial charge on any atom is 0.348 e. The molecule has 0 aliphatic rings. The molecule has 15 heavy (non-hydrogen) atoms. The van der Waals surface area contributed by atoms with Crippen molar-refractivity contribution >= 4 is 29.0 Å². The van der Waals surface area contributed by atoms with Gasteiger partial charge in [0.25, 0.3) is 0 Å². The van der Waals surface area contributed by atoms with Crippen molar-refractivity contribution in [3.05, 3.63) is 22.9 Å². The molecule has 0 bridgehead atoms. The first kappa shape index (κ1) is 10.5. The number of thioether (sulfide) groups is 1. The summed E-state index contributed by atoms with van der Waals surface area (Å²) in [6.45, 7) is 0. The number of fused-ring (bicyclic) bond motifs is 1. The zero-order valence-electron chi connectivity index (χ0n) is 7.81. The quantitative estimate of drug-likeness (QED) is 0.379. The standard InChI is InChI=1S/C8H9ClN4OS/c9-2-1-3-15-7-4-6-11-12-8(14)13(6)5-10-7/h4-5H,1-3H2,(H,12,14). The third-order valence-electron chi connectivity index (χ3n) is 1.81. The number of aromatic amines is 1. The Bertz CT molecular complexity index is 509. The van der Waals surface area contributed by atoms with Crippen molar-refractivity contribution in [1.29, 1.82) is 0 Å². The van der Waals surface area contributed by atoms with E-state index in [1.165, 1.54) is 10.7 Å². The zero-order valence-corrected chi connectivity index (χ0v) is 9.38. The van der Waals surface area contributed by atoms with Crippen LogP contribution in [0.1, 0.15) is 6.42 Å². The topological polar surface area (TPSA) is 63.0 Å². The van der Waals surface area contributed by atoms with E-state index >= 15 is 0 Å². The number of H-pyrrole nitrogens is 1. The lowest BCUT2D eigenvalue weighted by atomic mass is 10.6.